The Balaban J connectivity index is 2.29. The second kappa shape index (κ2) is 4.55. The van der Waals surface area contributed by atoms with Gasteiger partial charge in [0.2, 0.25) is 0 Å². The summed E-state index contributed by atoms with van der Waals surface area (Å²) in [7, 11) is 0. The summed E-state index contributed by atoms with van der Waals surface area (Å²) in [5.74, 6) is 0. The molecule has 2 aromatic rings. The van der Waals surface area contributed by atoms with E-state index in [9.17, 15) is 4.39 Å². The highest BCUT2D eigenvalue weighted by Gasteiger charge is 2.03. The summed E-state index contributed by atoms with van der Waals surface area (Å²) in [6.45, 7) is 0.282. The Bertz CT molecular complexity index is 454. The van der Waals surface area contributed by atoms with E-state index in [2.05, 4.69) is 18.2 Å². The summed E-state index contributed by atoms with van der Waals surface area (Å²) in [4.78, 5) is 1.16. The Morgan fingerprint density at radius 2 is 2.20 bits per heavy atom. The van der Waals surface area contributed by atoms with E-state index in [0.29, 0.717) is 18.3 Å². The zero-order valence-corrected chi connectivity index (χ0v) is 9.06. The first-order valence-electron chi connectivity index (χ1n) is 4.79. The van der Waals surface area contributed by atoms with E-state index in [1.54, 1.807) is 11.3 Å². The molecular formula is C12H12FNS. The van der Waals surface area contributed by atoms with Gasteiger partial charge in [0.25, 0.3) is 0 Å². The zero-order valence-electron chi connectivity index (χ0n) is 8.24. The first-order chi connectivity index (χ1) is 7.33. The van der Waals surface area contributed by atoms with Gasteiger partial charge in [-0.15, -0.1) is 11.3 Å². The lowest BCUT2D eigenvalue weighted by Gasteiger charge is -1.97. The fourth-order valence-corrected chi connectivity index (χ4v) is 2.62. The Kier molecular flexibility index (Phi) is 3.14. The minimum absolute atomic E-state index is 0.282. The molecule has 0 saturated carbocycles. The van der Waals surface area contributed by atoms with E-state index in [1.807, 2.05) is 12.1 Å². The van der Waals surface area contributed by atoms with E-state index >= 15 is 0 Å². The Labute approximate surface area is 92.0 Å². The van der Waals surface area contributed by atoms with Gasteiger partial charge in [-0.25, -0.2) is 4.39 Å². The molecule has 0 aliphatic rings. The summed E-state index contributed by atoms with van der Waals surface area (Å²) in [5.41, 5.74) is 6.06. The van der Waals surface area contributed by atoms with E-state index in [1.165, 1.54) is 10.1 Å². The van der Waals surface area contributed by atoms with Crippen LogP contribution >= 0.6 is 11.3 Å². The van der Waals surface area contributed by atoms with Gasteiger partial charge in [0.1, 0.15) is 0 Å². The number of nitrogens with two attached hydrogens (primary N) is 1. The molecular weight excluding hydrogens is 209 g/mol. The van der Waals surface area contributed by atoms with Crippen molar-refractivity contribution >= 4 is 21.4 Å². The van der Waals surface area contributed by atoms with E-state index in [0.717, 1.165) is 4.88 Å². The molecule has 2 rings (SSSR count). The molecule has 1 aromatic heterocycles. The Hall–Kier alpha value is -1.19. The third-order valence-electron chi connectivity index (χ3n) is 2.29. The summed E-state index contributed by atoms with van der Waals surface area (Å²) >= 11 is 1.69. The van der Waals surface area contributed by atoms with Crippen molar-refractivity contribution in [3.8, 4) is 0 Å². The molecule has 0 bridgehead atoms. The van der Waals surface area contributed by atoms with Gasteiger partial charge in [0, 0.05) is 22.5 Å². The number of hydrogen-bond acceptors (Lipinski definition) is 2. The molecule has 0 radical (unpaired) electrons. The van der Waals surface area contributed by atoms with Crippen LogP contribution in [0.4, 0.5) is 4.39 Å². The minimum Gasteiger partial charge on any atom is -0.327 e. The fraction of sp³-hybridized carbons (Fsp3) is 0.167. The number of rotatable bonds is 3. The smallest absolute Gasteiger partial charge is 0.0875 e. The Morgan fingerprint density at radius 1 is 1.40 bits per heavy atom. The highest BCUT2D eigenvalue weighted by molar-refractivity contribution is 7.19. The molecule has 1 heterocycles. The molecule has 0 fully saturated rings. The molecule has 78 valence electrons. The molecule has 3 heteroatoms. The van der Waals surface area contributed by atoms with Gasteiger partial charge in [0.05, 0.1) is 6.33 Å². The van der Waals surface area contributed by atoms with Crippen LogP contribution < -0.4 is 5.73 Å². The first kappa shape index (κ1) is 10.3. The predicted octanol–water partition coefficient (Wildman–Crippen LogP) is 3.26. The molecule has 15 heavy (non-hydrogen) atoms. The van der Waals surface area contributed by atoms with Crippen molar-refractivity contribution in [3.63, 3.8) is 0 Å². The van der Waals surface area contributed by atoms with Crippen LogP contribution in [-0.2, 0) is 6.42 Å². The number of benzene rings is 1. The van der Waals surface area contributed by atoms with Gasteiger partial charge in [-0.1, -0.05) is 18.2 Å². The average molecular weight is 221 g/mol. The lowest BCUT2D eigenvalue weighted by Crippen LogP contribution is -2.04. The quantitative estimate of drug-likeness (QED) is 0.845. The van der Waals surface area contributed by atoms with E-state index in [-0.39, 0.29) is 6.54 Å². The average Bonchev–Trinajstić information content (AvgIpc) is 2.68. The normalized spacial score (nSPS) is 12.3. The van der Waals surface area contributed by atoms with Gasteiger partial charge < -0.3 is 5.73 Å². The maximum atomic E-state index is 12.4. The first-order valence-corrected chi connectivity index (χ1v) is 5.61. The predicted molar refractivity (Wildman–Crippen MR) is 63.8 cm³/mol. The zero-order chi connectivity index (χ0) is 10.7. The molecule has 1 nitrogen and oxygen atoms in total. The number of thiophene rings is 1. The molecule has 0 atom stereocenters. The van der Waals surface area contributed by atoms with E-state index in [4.69, 9.17) is 5.73 Å². The van der Waals surface area contributed by atoms with Gasteiger partial charge in [-0.3, -0.25) is 0 Å². The molecule has 0 aliphatic carbocycles. The highest BCUT2D eigenvalue weighted by atomic mass is 32.1. The molecule has 0 saturated heterocycles. The summed E-state index contributed by atoms with van der Waals surface area (Å²) < 4.78 is 13.6. The number of hydrogen-bond donors (Lipinski definition) is 1. The third-order valence-corrected chi connectivity index (χ3v) is 3.41. The van der Waals surface area contributed by atoms with Crippen molar-refractivity contribution in [1.29, 1.82) is 0 Å². The SMILES string of the molecule is NCC(=CF)Cc1cc2ccccc2s1. The van der Waals surface area contributed by atoms with Crippen molar-refractivity contribution < 1.29 is 4.39 Å². The van der Waals surface area contributed by atoms with Crippen LogP contribution in [0.15, 0.2) is 42.2 Å². The standard InChI is InChI=1S/C12H12FNS/c13-7-9(8-14)5-11-6-10-3-1-2-4-12(10)15-11/h1-4,6-7H,5,8,14H2. The third kappa shape index (κ3) is 2.25. The van der Waals surface area contributed by atoms with Crippen LogP contribution in [0.1, 0.15) is 4.88 Å². The lowest BCUT2D eigenvalue weighted by atomic mass is 10.1. The second-order valence-electron chi connectivity index (χ2n) is 3.40. The van der Waals surface area contributed by atoms with Crippen LogP contribution in [0.25, 0.3) is 10.1 Å². The molecule has 2 N–H and O–H groups in total. The van der Waals surface area contributed by atoms with Crippen molar-refractivity contribution in [2.24, 2.45) is 5.73 Å². The van der Waals surface area contributed by atoms with Crippen LogP contribution in [0.3, 0.4) is 0 Å². The van der Waals surface area contributed by atoms with Crippen molar-refractivity contribution in [2.75, 3.05) is 6.54 Å². The number of halogens is 1. The fourth-order valence-electron chi connectivity index (χ4n) is 1.50. The number of fused-ring (bicyclic) bond motifs is 1. The van der Waals surface area contributed by atoms with Crippen LogP contribution in [0.2, 0.25) is 0 Å². The topological polar surface area (TPSA) is 26.0 Å². The van der Waals surface area contributed by atoms with Crippen molar-refractivity contribution in [1.82, 2.24) is 0 Å². The minimum atomic E-state index is 0.282. The molecule has 0 amide bonds. The maximum Gasteiger partial charge on any atom is 0.0875 e. The summed E-state index contributed by atoms with van der Waals surface area (Å²) in [6, 6.07) is 10.3. The molecule has 0 unspecified atom stereocenters. The summed E-state index contributed by atoms with van der Waals surface area (Å²) in [6.07, 6.45) is 1.23. The van der Waals surface area contributed by atoms with Gasteiger partial charge in [0.15, 0.2) is 0 Å². The molecule has 1 aromatic carbocycles. The monoisotopic (exact) mass is 221 g/mol. The van der Waals surface area contributed by atoms with Gasteiger partial charge in [-0.2, -0.15) is 0 Å². The van der Waals surface area contributed by atoms with Crippen LogP contribution in [0, 0.1) is 0 Å². The molecule has 0 aliphatic heterocycles. The molecule has 0 spiro atoms. The van der Waals surface area contributed by atoms with E-state index < -0.39 is 0 Å². The highest BCUT2D eigenvalue weighted by Crippen LogP contribution is 2.26. The van der Waals surface area contributed by atoms with Gasteiger partial charge in [-0.05, 0) is 23.1 Å². The largest absolute Gasteiger partial charge is 0.327 e. The van der Waals surface area contributed by atoms with Crippen LogP contribution in [-0.4, -0.2) is 6.54 Å². The van der Waals surface area contributed by atoms with Crippen LogP contribution in [0.5, 0.6) is 0 Å². The summed E-state index contributed by atoms with van der Waals surface area (Å²) in [5, 5.41) is 1.22. The van der Waals surface area contributed by atoms with Crippen molar-refractivity contribution in [2.45, 2.75) is 6.42 Å². The Morgan fingerprint density at radius 3 is 2.87 bits per heavy atom. The lowest BCUT2D eigenvalue weighted by molar-refractivity contribution is 0.700. The maximum absolute atomic E-state index is 12.4. The van der Waals surface area contributed by atoms with Crippen molar-refractivity contribution in [3.05, 3.63) is 47.1 Å². The van der Waals surface area contributed by atoms with Gasteiger partial charge >= 0.3 is 0 Å². The second-order valence-corrected chi connectivity index (χ2v) is 4.57.